The van der Waals surface area contributed by atoms with Gasteiger partial charge in [-0.3, -0.25) is 14.2 Å². The van der Waals surface area contributed by atoms with Crippen molar-refractivity contribution in [1.82, 2.24) is 14.9 Å². The SMILES string of the molecule is O=C(Cn1cnc2ccccc2c1=O)N[C@@H](c1ccc(Cl)cc1)C1CC1. The minimum absolute atomic E-state index is 0.0481. The zero-order valence-electron chi connectivity index (χ0n) is 14.1. The van der Waals surface area contributed by atoms with E-state index in [1.165, 1.54) is 10.9 Å². The molecule has 0 radical (unpaired) electrons. The van der Waals surface area contributed by atoms with E-state index in [1.807, 2.05) is 30.3 Å². The Hall–Kier alpha value is -2.66. The topological polar surface area (TPSA) is 64.0 Å². The Labute approximate surface area is 155 Å². The zero-order valence-corrected chi connectivity index (χ0v) is 14.8. The van der Waals surface area contributed by atoms with Crippen LogP contribution in [0.5, 0.6) is 0 Å². The van der Waals surface area contributed by atoms with Crippen LogP contribution in [0.4, 0.5) is 0 Å². The standard InChI is InChI=1S/C20H18ClN3O2/c21-15-9-7-14(8-10-15)19(13-5-6-13)23-18(25)11-24-12-22-17-4-2-1-3-16(17)20(24)26/h1-4,7-10,12-13,19H,5-6,11H2,(H,23,25)/t19-/m1/s1. The first kappa shape index (κ1) is 16.8. The monoisotopic (exact) mass is 367 g/mol. The fourth-order valence-corrected chi connectivity index (χ4v) is 3.29. The molecule has 0 unspecified atom stereocenters. The van der Waals surface area contributed by atoms with E-state index in [4.69, 9.17) is 11.6 Å². The van der Waals surface area contributed by atoms with Crippen LogP contribution >= 0.6 is 11.6 Å². The molecule has 0 saturated heterocycles. The molecule has 132 valence electrons. The zero-order chi connectivity index (χ0) is 18.1. The Bertz CT molecular complexity index is 1010. The molecular weight excluding hydrogens is 350 g/mol. The van der Waals surface area contributed by atoms with Gasteiger partial charge in [-0.1, -0.05) is 35.9 Å². The second-order valence-electron chi connectivity index (χ2n) is 6.63. The van der Waals surface area contributed by atoms with Crippen molar-refractivity contribution in [2.45, 2.75) is 25.4 Å². The van der Waals surface area contributed by atoms with Crippen LogP contribution in [0.15, 0.2) is 59.7 Å². The molecule has 6 heteroatoms. The maximum Gasteiger partial charge on any atom is 0.261 e. The van der Waals surface area contributed by atoms with Gasteiger partial charge in [0.15, 0.2) is 0 Å². The van der Waals surface area contributed by atoms with Crippen LogP contribution in [0.2, 0.25) is 5.02 Å². The first-order valence-electron chi connectivity index (χ1n) is 8.61. The van der Waals surface area contributed by atoms with Crippen LogP contribution in [0.25, 0.3) is 10.9 Å². The second-order valence-corrected chi connectivity index (χ2v) is 7.07. The van der Waals surface area contributed by atoms with Gasteiger partial charge >= 0.3 is 0 Å². The highest BCUT2D eigenvalue weighted by Crippen LogP contribution is 2.41. The normalized spacial score (nSPS) is 15.0. The number of fused-ring (bicyclic) bond motifs is 1. The van der Waals surface area contributed by atoms with E-state index in [9.17, 15) is 9.59 Å². The Kier molecular flexibility index (Phi) is 4.47. The van der Waals surface area contributed by atoms with Gasteiger partial charge in [-0.05, 0) is 48.6 Å². The largest absolute Gasteiger partial charge is 0.347 e. The molecule has 3 aromatic rings. The van der Waals surface area contributed by atoms with Gasteiger partial charge < -0.3 is 5.32 Å². The van der Waals surface area contributed by atoms with Crippen molar-refractivity contribution in [2.75, 3.05) is 0 Å². The van der Waals surface area contributed by atoms with E-state index in [2.05, 4.69) is 10.3 Å². The molecule has 0 aliphatic heterocycles. The molecule has 1 N–H and O–H groups in total. The van der Waals surface area contributed by atoms with Gasteiger partial charge in [0.1, 0.15) is 6.54 Å². The highest BCUT2D eigenvalue weighted by Gasteiger charge is 2.33. The number of nitrogens with zero attached hydrogens (tertiary/aromatic N) is 2. The number of nitrogens with one attached hydrogen (secondary N) is 1. The molecule has 1 fully saturated rings. The van der Waals surface area contributed by atoms with Gasteiger partial charge in [-0.2, -0.15) is 0 Å². The summed E-state index contributed by atoms with van der Waals surface area (Å²) in [7, 11) is 0. The lowest BCUT2D eigenvalue weighted by molar-refractivity contribution is -0.122. The molecule has 4 rings (SSSR count). The minimum atomic E-state index is -0.208. The van der Waals surface area contributed by atoms with E-state index >= 15 is 0 Å². The van der Waals surface area contributed by atoms with Gasteiger partial charge in [-0.25, -0.2) is 4.98 Å². The summed E-state index contributed by atoms with van der Waals surface area (Å²) in [6.07, 6.45) is 3.61. The van der Waals surface area contributed by atoms with Crippen LogP contribution in [0.3, 0.4) is 0 Å². The van der Waals surface area contributed by atoms with Crippen LogP contribution < -0.4 is 10.9 Å². The van der Waals surface area contributed by atoms with Gasteiger partial charge in [-0.15, -0.1) is 0 Å². The van der Waals surface area contributed by atoms with Crippen LogP contribution in [0, 0.1) is 5.92 Å². The van der Waals surface area contributed by atoms with E-state index < -0.39 is 0 Å². The van der Waals surface area contributed by atoms with Gasteiger partial charge in [0.25, 0.3) is 5.56 Å². The molecule has 0 bridgehead atoms. The lowest BCUT2D eigenvalue weighted by Crippen LogP contribution is -2.35. The maximum atomic E-state index is 12.6. The van der Waals surface area contributed by atoms with Crippen molar-refractivity contribution in [3.8, 4) is 0 Å². The van der Waals surface area contributed by atoms with E-state index in [1.54, 1.807) is 18.2 Å². The Morgan fingerprint density at radius 3 is 2.65 bits per heavy atom. The van der Waals surface area contributed by atoms with Gasteiger partial charge in [0.05, 0.1) is 23.3 Å². The number of hydrogen-bond acceptors (Lipinski definition) is 3. The second kappa shape index (κ2) is 6.92. The molecule has 2 aromatic carbocycles. The van der Waals surface area contributed by atoms with Crippen molar-refractivity contribution in [2.24, 2.45) is 5.92 Å². The fourth-order valence-electron chi connectivity index (χ4n) is 3.17. The molecule has 1 atom stereocenters. The summed E-state index contributed by atoms with van der Waals surface area (Å²) in [4.78, 5) is 29.3. The molecule has 26 heavy (non-hydrogen) atoms. The fraction of sp³-hybridized carbons (Fsp3) is 0.250. The number of benzene rings is 2. The lowest BCUT2D eigenvalue weighted by atomic mass is 10.0. The van der Waals surface area contributed by atoms with Gasteiger partial charge in [0, 0.05) is 5.02 Å². The van der Waals surface area contributed by atoms with Crippen LogP contribution in [-0.2, 0) is 11.3 Å². The number of carbonyl (C=O) groups is 1. The predicted octanol–water partition coefficient (Wildman–Crippen LogP) is 3.32. The van der Waals surface area contributed by atoms with Crippen molar-refractivity contribution in [3.63, 3.8) is 0 Å². The average Bonchev–Trinajstić information content (AvgIpc) is 3.48. The maximum absolute atomic E-state index is 12.6. The third-order valence-corrected chi connectivity index (χ3v) is 4.94. The highest BCUT2D eigenvalue weighted by atomic mass is 35.5. The number of para-hydroxylation sites is 1. The van der Waals surface area contributed by atoms with Crippen molar-refractivity contribution in [1.29, 1.82) is 0 Å². The summed E-state index contributed by atoms with van der Waals surface area (Å²) in [5.74, 6) is 0.239. The van der Waals surface area contributed by atoms with Crippen molar-refractivity contribution < 1.29 is 4.79 Å². The summed E-state index contributed by atoms with van der Waals surface area (Å²) in [5.41, 5.74) is 1.46. The predicted molar refractivity (Wildman–Crippen MR) is 101 cm³/mol. The highest BCUT2D eigenvalue weighted by molar-refractivity contribution is 6.30. The van der Waals surface area contributed by atoms with Crippen LogP contribution in [0.1, 0.15) is 24.4 Å². The molecule has 1 amide bonds. The molecule has 1 aliphatic carbocycles. The summed E-state index contributed by atoms with van der Waals surface area (Å²) >= 11 is 5.96. The number of amides is 1. The number of aromatic nitrogens is 2. The van der Waals surface area contributed by atoms with E-state index in [0.717, 1.165) is 18.4 Å². The first-order valence-corrected chi connectivity index (χ1v) is 8.98. The van der Waals surface area contributed by atoms with Crippen molar-refractivity contribution >= 4 is 28.4 Å². The van der Waals surface area contributed by atoms with E-state index in [-0.39, 0.29) is 24.1 Å². The molecule has 1 saturated carbocycles. The molecular formula is C20H18ClN3O2. The Morgan fingerprint density at radius 2 is 1.92 bits per heavy atom. The number of hydrogen-bond donors (Lipinski definition) is 1. The molecule has 1 aliphatic rings. The smallest absolute Gasteiger partial charge is 0.261 e. The minimum Gasteiger partial charge on any atom is -0.347 e. The summed E-state index contributed by atoms with van der Waals surface area (Å²) in [6.45, 7) is -0.0481. The molecule has 1 aromatic heterocycles. The lowest BCUT2D eigenvalue weighted by Gasteiger charge is -2.19. The number of carbonyl (C=O) groups excluding carboxylic acids is 1. The quantitative estimate of drug-likeness (QED) is 0.752. The summed E-state index contributed by atoms with van der Waals surface area (Å²) in [6, 6.07) is 14.6. The number of halogens is 1. The number of rotatable bonds is 5. The Morgan fingerprint density at radius 1 is 1.19 bits per heavy atom. The average molecular weight is 368 g/mol. The van der Waals surface area contributed by atoms with Crippen molar-refractivity contribution in [3.05, 3.63) is 75.8 Å². The molecule has 0 spiro atoms. The van der Waals surface area contributed by atoms with E-state index in [0.29, 0.717) is 21.8 Å². The van der Waals surface area contributed by atoms with Crippen LogP contribution in [-0.4, -0.2) is 15.5 Å². The first-order chi connectivity index (χ1) is 12.6. The summed E-state index contributed by atoms with van der Waals surface area (Å²) < 4.78 is 1.35. The summed E-state index contributed by atoms with van der Waals surface area (Å²) in [5, 5.41) is 4.25. The third kappa shape index (κ3) is 3.48. The Balaban J connectivity index is 1.53. The molecule has 5 nitrogen and oxygen atoms in total. The molecule has 1 heterocycles. The van der Waals surface area contributed by atoms with Gasteiger partial charge in [0.2, 0.25) is 5.91 Å². The third-order valence-electron chi connectivity index (χ3n) is 4.68.